The van der Waals surface area contributed by atoms with Crippen LogP contribution in [0.15, 0.2) is 30.3 Å². The van der Waals surface area contributed by atoms with E-state index in [1.165, 1.54) is 0 Å². The van der Waals surface area contributed by atoms with Gasteiger partial charge in [-0.1, -0.05) is 43.6 Å². The lowest BCUT2D eigenvalue weighted by Crippen LogP contribution is -1.97. The van der Waals surface area contributed by atoms with Gasteiger partial charge in [0.25, 0.3) is 0 Å². The first-order valence-corrected chi connectivity index (χ1v) is 5.77. The Morgan fingerprint density at radius 2 is 1.94 bits per heavy atom. The number of para-hydroxylation sites is 1. The molecular weight excluding hydrogens is 234 g/mol. The van der Waals surface area contributed by atoms with Gasteiger partial charge in [-0.15, -0.1) is 0 Å². The van der Waals surface area contributed by atoms with E-state index in [4.69, 9.17) is 16.9 Å². The topological polar surface area (TPSA) is 41.6 Å². The molecule has 0 fully saturated rings. The van der Waals surface area contributed by atoms with Crippen molar-refractivity contribution in [2.45, 2.75) is 19.8 Å². The highest BCUT2D eigenvalue weighted by atomic mass is 35.5. The predicted molar refractivity (Wildman–Crippen MR) is 67.4 cm³/mol. The molecule has 0 atom stereocenters. The van der Waals surface area contributed by atoms with E-state index in [1.54, 1.807) is 4.68 Å². The number of aromatic nitrogens is 2. The van der Waals surface area contributed by atoms with Gasteiger partial charge in [0.2, 0.25) is 0 Å². The van der Waals surface area contributed by atoms with E-state index < -0.39 is 0 Å². The van der Waals surface area contributed by atoms with Crippen molar-refractivity contribution in [3.63, 3.8) is 0 Å². The van der Waals surface area contributed by atoms with Crippen LogP contribution in [-0.4, -0.2) is 9.78 Å². The normalized spacial score (nSPS) is 10.5. The van der Waals surface area contributed by atoms with Crippen molar-refractivity contribution in [2.75, 3.05) is 0 Å². The summed E-state index contributed by atoms with van der Waals surface area (Å²) in [5, 5.41) is 13.9. The lowest BCUT2D eigenvalue weighted by molar-refractivity contribution is 0.767. The second-order valence-corrected chi connectivity index (χ2v) is 4.42. The van der Waals surface area contributed by atoms with E-state index in [1.807, 2.05) is 44.2 Å². The second-order valence-electron chi connectivity index (χ2n) is 4.06. The van der Waals surface area contributed by atoms with Gasteiger partial charge in [0.05, 0.1) is 11.4 Å². The molecule has 0 N–H and O–H groups in total. The summed E-state index contributed by atoms with van der Waals surface area (Å²) in [7, 11) is 0. The van der Waals surface area contributed by atoms with E-state index in [0.29, 0.717) is 10.7 Å². The summed E-state index contributed by atoms with van der Waals surface area (Å²) in [6.45, 7) is 3.99. The Kier molecular flexibility index (Phi) is 3.16. The van der Waals surface area contributed by atoms with Crippen molar-refractivity contribution in [3.05, 3.63) is 46.7 Å². The number of nitriles is 1. The Bertz CT molecular complexity index is 564. The Balaban J connectivity index is 2.62. The minimum atomic E-state index is 0.173. The van der Waals surface area contributed by atoms with Gasteiger partial charge in [-0.05, 0) is 18.1 Å². The molecule has 2 rings (SSSR count). The minimum Gasteiger partial charge on any atom is -0.221 e. The smallest absolute Gasteiger partial charge is 0.150 e. The summed E-state index contributed by atoms with van der Waals surface area (Å²) < 4.78 is 1.61. The van der Waals surface area contributed by atoms with Crippen LogP contribution >= 0.6 is 11.6 Å². The van der Waals surface area contributed by atoms with E-state index in [-0.39, 0.29) is 5.92 Å². The molecule has 17 heavy (non-hydrogen) atoms. The average molecular weight is 246 g/mol. The summed E-state index contributed by atoms with van der Waals surface area (Å²) in [4.78, 5) is 0. The van der Waals surface area contributed by atoms with Gasteiger partial charge in [-0.25, -0.2) is 4.68 Å². The zero-order valence-corrected chi connectivity index (χ0v) is 10.4. The zero-order valence-electron chi connectivity index (χ0n) is 9.68. The molecular formula is C13H12ClN3. The van der Waals surface area contributed by atoms with E-state index in [0.717, 1.165) is 11.4 Å². The van der Waals surface area contributed by atoms with E-state index in [2.05, 4.69) is 11.2 Å². The first kappa shape index (κ1) is 11.7. The van der Waals surface area contributed by atoms with Crippen LogP contribution in [0.2, 0.25) is 5.15 Å². The van der Waals surface area contributed by atoms with Crippen LogP contribution < -0.4 is 0 Å². The fraction of sp³-hybridized carbons (Fsp3) is 0.231. The van der Waals surface area contributed by atoms with Crippen molar-refractivity contribution in [3.8, 4) is 11.8 Å². The molecule has 0 aliphatic rings. The van der Waals surface area contributed by atoms with Crippen molar-refractivity contribution >= 4 is 11.6 Å². The van der Waals surface area contributed by atoms with Crippen molar-refractivity contribution < 1.29 is 0 Å². The van der Waals surface area contributed by atoms with Crippen molar-refractivity contribution in [1.82, 2.24) is 9.78 Å². The molecule has 0 saturated heterocycles. The molecule has 0 amide bonds. The maximum atomic E-state index is 9.12. The fourth-order valence-corrected chi connectivity index (χ4v) is 1.94. The fourth-order valence-electron chi connectivity index (χ4n) is 1.66. The third kappa shape index (κ3) is 2.04. The van der Waals surface area contributed by atoms with Crippen LogP contribution in [0.1, 0.15) is 31.0 Å². The number of benzene rings is 1. The molecule has 86 valence electrons. The summed E-state index contributed by atoms with van der Waals surface area (Å²) >= 11 is 6.19. The van der Waals surface area contributed by atoms with E-state index >= 15 is 0 Å². The number of halogens is 1. The Morgan fingerprint density at radius 3 is 2.41 bits per heavy atom. The first-order valence-electron chi connectivity index (χ1n) is 5.39. The van der Waals surface area contributed by atoms with Gasteiger partial charge in [0, 0.05) is 0 Å². The van der Waals surface area contributed by atoms with Crippen molar-refractivity contribution in [1.29, 1.82) is 5.26 Å². The SMILES string of the molecule is CC(C)c1nn(-c2ccccc2)c(Cl)c1C#N. The summed E-state index contributed by atoms with van der Waals surface area (Å²) in [5.74, 6) is 0.173. The molecule has 2 aromatic rings. The molecule has 1 aromatic carbocycles. The lowest BCUT2D eigenvalue weighted by Gasteiger charge is -2.02. The van der Waals surface area contributed by atoms with Gasteiger partial charge in [0.1, 0.15) is 11.6 Å². The van der Waals surface area contributed by atoms with Gasteiger partial charge in [0.15, 0.2) is 5.15 Å². The quantitative estimate of drug-likeness (QED) is 0.812. The molecule has 1 heterocycles. The summed E-state index contributed by atoms with van der Waals surface area (Å²) in [6.07, 6.45) is 0. The highest BCUT2D eigenvalue weighted by Gasteiger charge is 2.19. The predicted octanol–water partition coefficient (Wildman–Crippen LogP) is 3.52. The van der Waals surface area contributed by atoms with Crippen molar-refractivity contribution in [2.24, 2.45) is 0 Å². The second kappa shape index (κ2) is 4.60. The molecule has 0 bridgehead atoms. The molecule has 0 spiro atoms. The van der Waals surface area contributed by atoms with Gasteiger partial charge < -0.3 is 0 Å². The zero-order chi connectivity index (χ0) is 12.4. The maximum absolute atomic E-state index is 9.12. The molecule has 1 aromatic heterocycles. The van der Waals surface area contributed by atoms with Gasteiger partial charge >= 0.3 is 0 Å². The first-order chi connectivity index (χ1) is 8.15. The van der Waals surface area contributed by atoms with Crippen LogP contribution in [0.5, 0.6) is 0 Å². The molecule has 0 saturated carbocycles. The number of hydrogen-bond donors (Lipinski definition) is 0. The Morgan fingerprint density at radius 1 is 1.29 bits per heavy atom. The largest absolute Gasteiger partial charge is 0.221 e. The average Bonchev–Trinajstić information content (AvgIpc) is 2.67. The van der Waals surface area contributed by atoms with Crippen LogP contribution in [0.25, 0.3) is 5.69 Å². The van der Waals surface area contributed by atoms with Gasteiger partial charge in [-0.3, -0.25) is 0 Å². The third-order valence-corrected chi connectivity index (χ3v) is 2.86. The molecule has 0 radical (unpaired) electrons. The standard InChI is InChI=1S/C13H12ClN3/c1-9(2)12-11(8-15)13(14)17(16-12)10-6-4-3-5-7-10/h3-7,9H,1-2H3. The van der Waals surface area contributed by atoms with Crippen LogP contribution in [0.3, 0.4) is 0 Å². The highest BCUT2D eigenvalue weighted by molar-refractivity contribution is 6.31. The van der Waals surface area contributed by atoms with Crippen LogP contribution in [0.4, 0.5) is 0 Å². The lowest BCUT2D eigenvalue weighted by atomic mass is 10.1. The minimum absolute atomic E-state index is 0.173. The number of nitrogens with zero attached hydrogens (tertiary/aromatic N) is 3. The summed E-state index contributed by atoms with van der Waals surface area (Å²) in [6, 6.07) is 11.7. The highest BCUT2D eigenvalue weighted by Crippen LogP contribution is 2.27. The van der Waals surface area contributed by atoms with Crippen LogP contribution in [0, 0.1) is 11.3 Å². The third-order valence-electron chi connectivity index (χ3n) is 2.52. The summed E-state index contributed by atoms with van der Waals surface area (Å²) in [5.41, 5.74) is 2.06. The molecule has 0 aliphatic heterocycles. The Labute approximate surface area is 105 Å². The monoisotopic (exact) mass is 245 g/mol. The molecule has 0 unspecified atom stereocenters. The van der Waals surface area contributed by atoms with Crippen LogP contribution in [-0.2, 0) is 0 Å². The molecule has 3 nitrogen and oxygen atoms in total. The molecule has 0 aliphatic carbocycles. The Hall–Kier alpha value is -1.79. The molecule has 4 heteroatoms. The number of hydrogen-bond acceptors (Lipinski definition) is 2. The number of rotatable bonds is 2. The van der Waals surface area contributed by atoms with Gasteiger partial charge in [-0.2, -0.15) is 10.4 Å². The maximum Gasteiger partial charge on any atom is 0.150 e. The van der Waals surface area contributed by atoms with E-state index in [9.17, 15) is 0 Å².